The van der Waals surface area contributed by atoms with Crippen molar-refractivity contribution < 1.29 is 41.8 Å². The number of hydrogen-bond donors (Lipinski definition) is 1. The molecule has 9 nitrogen and oxygen atoms in total. The summed E-state index contributed by atoms with van der Waals surface area (Å²) in [4.78, 5) is 43.4. The predicted octanol–water partition coefficient (Wildman–Crippen LogP) is 9.52. The molecule has 0 aliphatic carbocycles. The van der Waals surface area contributed by atoms with E-state index in [2.05, 4.69) is 0 Å². The third kappa shape index (κ3) is 10.7. The first-order valence-electron chi connectivity index (χ1n) is 17.9. The van der Waals surface area contributed by atoms with Crippen LogP contribution in [-0.4, -0.2) is 53.2 Å². The van der Waals surface area contributed by atoms with Gasteiger partial charge in [-0.3, -0.25) is 4.79 Å². The molecular formula is C42H45ClF3N3O6. The molecule has 2 amide bonds. The van der Waals surface area contributed by atoms with E-state index in [1.807, 2.05) is 0 Å². The number of nitrogen functional groups attached to an aromatic ring is 1. The van der Waals surface area contributed by atoms with Gasteiger partial charge in [-0.1, -0.05) is 35.9 Å². The van der Waals surface area contributed by atoms with Crippen molar-refractivity contribution >= 4 is 40.9 Å². The van der Waals surface area contributed by atoms with Crippen molar-refractivity contribution in [2.45, 2.75) is 84.7 Å². The van der Waals surface area contributed by atoms with Crippen molar-refractivity contribution in [3.8, 4) is 16.9 Å². The van der Waals surface area contributed by atoms with Crippen molar-refractivity contribution in [3.63, 3.8) is 0 Å². The van der Waals surface area contributed by atoms with Crippen LogP contribution >= 0.6 is 11.6 Å². The van der Waals surface area contributed by atoms with Gasteiger partial charge in [-0.15, -0.1) is 0 Å². The fourth-order valence-electron chi connectivity index (χ4n) is 6.09. The van der Waals surface area contributed by atoms with Gasteiger partial charge in [-0.25, -0.2) is 22.8 Å². The Bertz CT molecular complexity index is 2080. The highest BCUT2D eigenvalue weighted by Gasteiger charge is 2.35. The maximum absolute atomic E-state index is 15.8. The number of ether oxygens (including phenoxy) is 3. The summed E-state index contributed by atoms with van der Waals surface area (Å²) in [6, 6.07) is 16.3. The standard InChI is InChI=1S/C42H45ClF3N3O6/c1-41(2,3)54-39(51)28-13-16-35(47)36(19-28)49(23-31-8-7-17-48(31)40(52)55-42(4,5)6)38(50)21-27-10-9-25(18-33(27)45)26-12-15-32(44)37(20-26)53-24-29-11-14-30(43)22-34(29)46/h9-16,18-20,22,31H,7-8,17,21,23-24,47H2,1-6H3/t31-/m1/s1. The minimum absolute atomic E-state index is 0.00196. The third-order valence-corrected chi connectivity index (χ3v) is 8.95. The number of anilines is 2. The average molecular weight is 780 g/mol. The molecule has 5 rings (SSSR count). The summed E-state index contributed by atoms with van der Waals surface area (Å²) in [5, 5.41) is 0.212. The second kappa shape index (κ2) is 16.6. The molecule has 0 bridgehead atoms. The zero-order valence-electron chi connectivity index (χ0n) is 31.7. The Morgan fingerprint density at radius 2 is 1.47 bits per heavy atom. The van der Waals surface area contributed by atoms with Crippen molar-refractivity contribution in [3.05, 3.63) is 112 Å². The van der Waals surface area contributed by atoms with Crippen LogP contribution in [0.4, 0.5) is 29.3 Å². The van der Waals surface area contributed by atoms with Gasteiger partial charge in [0.1, 0.15) is 29.4 Å². The highest BCUT2D eigenvalue weighted by atomic mass is 35.5. The number of amides is 2. The number of carbonyl (C=O) groups excluding carboxylic acids is 3. The summed E-state index contributed by atoms with van der Waals surface area (Å²) in [5.41, 5.74) is 6.48. The average Bonchev–Trinajstić information content (AvgIpc) is 3.56. The van der Waals surface area contributed by atoms with Crippen LogP contribution in [0.1, 0.15) is 75.9 Å². The number of likely N-dealkylation sites (tertiary alicyclic amines) is 1. The summed E-state index contributed by atoms with van der Waals surface area (Å²) < 4.78 is 61.6. The molecular weight excluding hydrogens is 735 g/mol. The lowest BCUT2D eigenvalue weighted by atomic mass is 10.0. The summed E-state index contributed by atoms with van der Waals surface area (Å²) in [6.45, 7) is 10.6. The number of hydrogen-bond acceptors (Lipinski definition) is 7. The number of benzene rings is 4. The molecule has 1 atom stereocenters. The summed E-state index contributed by atoms with van der Waals surface area (Å²) >= 11 is 5.82. The van der Waals surface area contributed by atoms with Crippen LogP contribution in [-0.2, 0) is 27.3 Å². The van der Waals surface area contributed by atoms with E-state index in [-0.39, 0.29) is 52.0 Å². The molecule has 55 heavy (non-hydrogen) atoms. The molecule has 292 valence electrons. The second-order valence-electron chi connectivity index (χ2n) is 15.4. The predicted molar refractivity (Wildman–Crippen MR) is 206 cm³/mol. The normalized spacial score (nSPS) is 14.4. The number of nitrogens with two attached hydrogens (primary N) is 1. The van der Waals surface area contributed by atoms with Crippen LogP contribution in [0.3, 0.4) is 0 Å². The monoisotopic (exact) mass is 779 g/mol. The first kappa shape index (κ1) is 40.9. The Hall–Kier alpha value is -5.23. The van der Waals surface area contributed by atoms with E-state index >= 15 is 4.39 Å². The molecule has 0 aromatic heterocycles. The highest BCUT2D eigenvalue weighted by molar-refractivity contribution is 6.30. The quantitative estimate of drug-likeness (QED) is 0.126. The van der Waals surface area contributed by atoms with E-state index in [1.54, 1.807) is 52.5 Å². The largest absolute Gasteiger partial charge is 0.486 e. The third-order valence-electron chi connectivity index (χ3n) is 8.71. The Morgan fingerprint density at radius 3 is 2.15 bits per heavy atom. The Labute approximate surface area is 324 Å². The first-order valence-corrected chi connectivity index (χ1v) is 18.2. The molecule has 1 heterocycles. The first-order chi connectivity index (χ1) is 25.8. The molecule has 0 saturated carbocycles. The Kier molecular flexibility index (Phi) is 12.4. The van der Waals surface area contributed by atoms with Gasteiger partial charge < -0.3 is 29.7 Å². The fraction of sp³-hybridized carbons (Fsp3) is 0.357. The SMILES string of the molecule is CC(C)(C)OC(=O)c1ccc(N)c(N(C[C@H]2CCCN2C(=O)OC(C)(C)C)C(=O)Cc2ccc(-c3ccc(F)c(OCc4ccc(Cl)cc4F)c3)cc2F)c1. The lowest BCUT2D eigenvalue weighted by molar-refractivity contribution is -0.118. The molecule has 13 heteroatoms. The van der Waals surface area contributed by atoms with Gasteiger partial charge in [-0.05, 0) is 120 Å². The molecule has 1 fully saturated rings. The molecule has 2 N–H and O–H groups in total. The van der Waals surface area contributed by atoms with Gasteiger partial charge in [0.2, 0.25) is 5.91 Å². The molecule has 4 aromatic rings. The number of rotatable bonds is 10. The smallest absolute Gasteiger partial charge is 0.410 e. The summed E-state index contributed by atoms with van der Waals surface area (Å²) in [5.74, 6) is -3.32. The Morgan fingerprint density at radius 1 is 0.818 bits per heavy atom. The molecule has 0 spiro atoms. The lowest BCUT2D eigenvalue weighted by Gasteiger charge is -2.33. The van der Waals surface area contributed by atoms with Gasteiger partial charge >= 0.3 is 12.1 Å². The van der Waals surface area contributed by atoms with Gasteiger partial charge in [0, 0.05) is 23.7 Å². The lowest BCUT2D eigenvalue weighted by Crippen LogP contribution is -2.47. The van der Waals surface area contributed by atoms with E-state index in [0.717, 1.165) is 12.1 Å². The number of carbonyl (C=O) groups is 3. The van der Waals surface area contributed by atoms with Gasteiger partial charge in [0.05, 0.1) is 29.4 Å². The summed E-state index contributed by atoms with van der Waals surface area (Å²) in [6.07, 6.45) is 0.316. The van der Waals surface area contributed by atoms with Crippen molar-refractivity contribution in [1.82, 2.24) is 4.90 Å². The Balaban J connectivity index is 1.41. The maximum Gasteiger partial charge on any atom is 0.410 e. The fourth-order valence-corrected chi connectivity index (χ4v) is 6.25. The van der Waals surface area contributed by atoms with Gasteiger partial charge in [-0.2, -0.15) is 0 Å². The van der Waals surface area contributed by atoms with E-state index in [1.165, 1.54) is 59.5 Å². The van der Waals surface area contributed by atoms with Crippen molar-refractivity contribution in [1.29, 1.82) is 0 Å². The van der Waals surface area contributed by atoms with Crippen molar-refractivity contribution in [2.24, 2.45) is 0 Å². The van der Waals surface area contributed by atoms with E-state index in [4.69, 9.17) is 31.5 Å². The van der Waals surface area contributed by atoms with Crippen LogP contribution in [0, 0.1) is 17.5 Å². The zero-order chi connectivity index (χ0) is 40.2. The number of halogens is 4. The van der Waals surface area contributed by atoms with Gasteiger partial charge in [0.15, 0.2) is 11.6 Å². The van der Waals surface area contributed by atoms with Crippen LogP contribution in [0.5, 0.6) is 5.75 Å². The van der Waals surface area contributed by atoms with Crippen LogP contribution < -0.4 is 15.4 Å². The van der Waals surface area contributed by atoms with E-state index in [9.17, 15) is 23.2 Å². The maximum atomic E-state index is 15.8. The molecule has 0 unspecified atom stereocenters. The molecule has 1 saturated heterocycles. The number of nitrogens with zero attached hydrogens (tertiary/aromatic N) is 2. The molecule has 1 aliphatic heterocycles. The number of esters is 1. The van der Waals surface area contributed by atoms with Crippen LogP contribution in [0.15, 0.2) is 72.8 Å². The van der Waals surface area contributed by atoms with E-state index in [0.29, 0.717) is 30.5 Å². The molecule has 4 aromatic carbocycles. The minimum atomic E-state index is -0.783. The highest BCUT2D eigenvalue weighted by Crippen LogP contribution is 2.32. The van der Waals surface area contributed by atoms with Crippen LogP contribution in [0.25, 0.3) is 11.1 Å². The van der Waals surface area contributed by atoms with Crippen LogP contribution in [0.2, 0.25) is 5.02 Å². The van der Waals surface area contributed by atoms with E-state index < -0.39 is 59.1 Å². The topological polar surface area (TPSA) is 111 Å². The summed E-state index contributed by atoms with van der Waals surface area (Å²) in [7, 11) is 0. The van der Waals surface area contributed by atoms with Gasteiger partial charge in [0.25, 0.3) is 0 Å². The molecule has 1 aliphatic rings. The zero-order valence-corrected chi connectivity index (χ0v) is 32.4. The molecule has 0 radical (unpaired) electrons. The second-order valence-corrected chi connectivity index (χ2v) is 15.8. The van der Waals surface area contributed by atoms with Crippen molar-refractivity contribution in [2.75, 3.05) is 23.7 Å². The minimum Gasteiger partial charge on any atom is -0.486 e.